The number of halogens is 1. The second kappa shape index (κ2) is 9.42. The van der Waals surface area contributed by atoms with Crippen LogP contribution in [0.25, 0.3) is 5.69 Å². The SMILES string of the molecule is COc1ccc(S(=O)(=O)N2CCN(c3ccc(=O)n(-c4ccc(Cl)cc4)n3)CC2)cc1OC. The zero-order valence-corrected chi connectivity index (χ0v) is 19.7. The Morgan fingerprint density at radius 1 is 0.879 bits per heavy atom. The molecule has 1 fully saturated rings. The molecule has 2 aromatic carbocycles. The van der Waals surface area contributed by atoms with Crippen LogP contribution in [-0.2, 0) is 10.0 Å². The summed E-state index contributed by atoms with van der Waals surface area (Å²) in [7, 11) is -0.747. The first-order valence-corrected chi connectivity index (χ1v) is 12.0. The summed E-state index contributed by atoms with van der Waals surface area (Å²) < 4.78 is 39.5. The molecule has 11 heteroatoms. The third kappa shape index (κ3) is 4.68. The summed E-state index contributed by atoms with van der Waals surface area (Å²) in [5.74, 6) is 1.40. The fourth-order valence-electron chi connectivity index (χ4n) is 3.62. The minimum absolute atomic E-state index is 0.142. The highest BCUT2D eigenvalue weighted by molar-refractivity contribution is 7.89. The molecule has 3 aromatic rings. The lowest BCUT2D eigenvalue weighted by atomic mass is 10.3. The van der Waals surface area contributed by atoms with Crippen LogP contribution in [0.3, 0.4) is 0 Å². The van der Waals surface area contributed by atoms with Gasteiger partial charge in [0.25, 0.3) is 5.56 Å². The van der Waals surface area contributed by atoms with Gasteiger partial charge in [-0.25, -0.2) is 8.42 Å². The van der Waals surface area contributed by atoms with E-state index in [1.807, 2.05) is 4.90 Å². The molecule has 1 saturated heterocycles. The lowest BCUT2D eigenvalue weighted by molar-refractivity contribution is 0.353. The normalized spacial score (nSPS) is 14.8. The number of nitrogens with zero attached hydrogens (tertiary/aromatic N) is 4. The number of ether oxygens (including phenoxy) is 2. The highest BCUT2D eigenvalue weighted by Crippen LogP contribution is 2.31. The maximum atomic E-state index is 13.1. The van der Waals surface area contributed by atoms with E-state index in [1.54, 1.807) is 36.4 Å². The lowest BCUT2D eigenvalue weighted by Gasteiger charge is -2.34. The van der Waals surface area contributed by atoms with E-state index >= 15 is 0 Å². The molecule has 0 amide bonds. The van der Waals surface area contributed by atoms with E-state index in [2.05, 4.69) is 5.10 Å². The predicted octanol–water partition coefficient (Wildman–Crippen LogP) is 2.41. The van der Waals surface area contributed by atoms with E-state index in [1.165, 1.54) is 41.4 Å². The molecule has 0 N–H and O–H groups in total. The van der Waals surface area contributed by atoms with Crippen LogP contribution < -0.4 is 19.9 Å². The molecule has 0 spiro atoms. The quantitative estimate of drug-likeness (QED) is 0.523. The summed E-state index contributed by atoms with van der Waals surface area (Å²) in [6, 6.07) is 14.5. The van der Waals surface area contributed by atoms with Gasteiger partial charge in [0.1, 0.15) is 5.82 Å². The molecular formula is C22H23ClN4O5S. The Kier molecular flexibility index (Phi) is 6.59. The van der Waals surface area contributed by atoms with Gasteiger partial charge in [-0.15, -0.1) is 5.10 Å². The average Bonchev–Trinajstić information content (AvgIpc) is 2.84. The summed E-state index contributed by atoms with van der Waals surface area (Å²) in [6.07, 6.45) is 0. The number of sulfonamides is 1. The Hall–Kier alpha value is -3.08. The topological polar surface area (TPSA) is 94.0 Å². The first kappa shape index (κ1) is 23.1. The first-order valence-electron chi connectivity index (χ1n) is 10.2. The Morgan fingerprint density at radius 2 is 1.55 bits per heavy atom. The molecule has 4 rings (SSSR count). The number of hydrogen-bond acceptors (Lipinski definition) is 7. The number of aromatic nitrogens is 2. The minimum Gasteiger partial charge on any atom is -0.493 e. The fourth-order valence-corrected chi connectivity index (χ4v) is 5.19. The van der Waals surface area contributed by atoms with Gasteiger partial charge in [0, 0.05) is 43.3 Å². The van der Waals surface area contributed by atoms with Gasteiger partial charge in [-0.1, -0.05) is 11.6 Å². The van der Waals surface area contributed by atoms with Gasteiger partial charge >= 0.3 is 0 Å². The van der Waals surface area contributed by atoms with Crippen LogP contribution in [-0.4, -0.2) is 62.9 Å². The largest absolute Gasteiger partial charge is 0.493 e. The molecule has 1 aliphatic rings. The summed E-state index contributed by atoms with van der Waals surface area (Å²) in [6.45, 7) is 1.41. The number of piperazine rings is 1. The summed E-state index contributed by atoms with van der Waals surface area (Å²) in [5, 5.41) is 5.04. The maximum Gasteiger partial charge on any atom is 0.271 e. The molecule has 1 aliphatic heterocycles. The second-order valence-electron chi connectivity index (χ2n) is 7.33. The zero-order chi connectivity index (χ0) is 23.6. The monoisotopic (exact) mass is 490 g/mol. The smallest absolute Gasteiger partial charge is 0.271 e. The molecule has 174 valence electrons. The Balaban J connectivity index is 1.52. The molecule has 2 heterocycles. The van der Waals surface area contributed by atoms with Crippen molar-refractivity contribution in [1.82, 2.24) is 14.1 Å². The van der Waals surface area contributed by atoms with Crippen LogP contribution in [0, 0.1) is 0 Å². The number of benzene rings is 2. The molecule has 0 unspecified atom stereocenters. The number of anilines is 1. The van der Waals surface area contributed by atoms with E-state index in [0.29, 0.717) is 41.1 Å². The van der Waals surface area contributed by atoms with Crippen molar-refractivity contribution in [2.75, 3.05) is 45.3 Å². The van der Waals surface area contributed by atoms with Crippen LogP contribution in [0.1, 0.15) is 0 Å². The van der Waals surface area contributed by atoms with E-state index < -0.39 is 10.0 Å². The minimum atomic E-state index is -3.70. The van der Waals surface area contributed by atoms with Gasteiger partial charge in [0.05, 0.1) is 24.8 Å². The van der Waals surface area contributed by atoms with Gasteiger partial charge in [-0.2, -0.15) is 8.99 Å². The zero-order valence-electron chi connectivity index (χ0n) is 18.1. The molecule has 0 bridgehead atoms. The molecule has 9 nitrogen and oxygen atoms in total. The van der Waals surface area contributed by atoms with Crippen LogP contribution in [0.4, 0.5) is 5.82 Å². The van der Waals surface area contributed by atoms with Gasteiger partial charge in [0.2, 0.25) is 10.0 Å². The predicted molar refractivity (Wildman–Crippen MR) is 125 cm³/mol. The third-order valence-corrected chi connectivity index (χ3v) is 7.56. The van der Waals surface area contributed by atoms with E-state index in [0.717, 1.165) is 0 Å². The molecule has 0 aliphatic carbocycles. The van der Waals surface area contributed by atoms with Crippen molar-refractivity contribution in [2.45, 2.75) is 4.90 Å². The van der Waals surface area contributed by atoms with Crippen LogP contribution in [0.15, 0.2) is 64.3 Å². The molecular weight excluding hydrogens is 468 g/mol. The molecule has 33 heavy (non-hydrogen) atoms. The van der Waals surface area contributed by atoms with Gasteiger partial charge in [-0.05, 0) is 42.5 Å². The molecule has 0 radical (unpaired) electrons. The molecule has 0 saturated carbocycles. The number of methoxy groups -OCH3 is 2. The van der Waals surface area contributed by atoms with Crippen molar-refractivity contribution in [3.8, 4) is 17.2 Å². The van der Waals surface area contributed by atoms with E-state index in [4.69, 9.17) is 21.1 Å². The Morgan fingerprint density at radius 3 is 2.18 bits per heavy atom. The first-order chi connectivity index (χ1) is 15.8. The number of rotatable bonds is 6. The fraction of sp³-hybridized carbons (Fsp3) is 0.273. The maximum absolute atomic E-state index is 13.1. The van der Waals surface area contributed by atoms with Crippen molar-refractivity contribution in [3.63, 3.8) is 0 Å². The van der Waals surface area contributed by atoms with Gasteiger partial charge in [-0.3, -0.25) is 4.79 Å². The summed E-state index contributed by atoms with van der Waals surface area (Å²) >= 11 is 5.94. The van der Waals surface area contributed by atoms with Crippen molar-refractivity contribution >= 4 is 27.4 Å². The van der Waals surface area contributed by atoms with Crippen molar-refractivity contribution < 1.29 is 17.9 Å². The highest BCUT2D eigenvalue weighted by Gasteiger charge is 2.30. The lowest BCUT2D eigenvalue weighted by Crippen LogP contribution is -2.49. The standard InChI is InChI=1S/C22H23ClN4O5S/c1-31-19-8-7-18(15-20(19)32-2)33(29,30)26-13-11-25(12-14-26)21-9-10-22(28)27(24-21)17-5-3-16(23)4-6-17/h3-10,15H,11-14H2,1-2H3. The summed E-state index contributed by atoms with van der Waals surface area (Å²) in [5.41, 5.74) is 0.330. The average molecular weight is 491 g/mol. The molecule has 0 atom stereocenters. The van der Waals surface area contributed by atoms with Gasteiger partial charge < -0.3 is 14.4 Å². The molecule has 1 aromatic heterocycles. The van der Waals surface area contributed by atoms with Crippen molar-refractivity contribution in [1.29, 1.82) is 0 Å². The van der Waals surface area contributed by atoms with E-state index in [9.17, 15) is 13.2 Å². The van der Waals surface area contributed by atoms with Crippen LogP contribution in [0.5, 0.6) is 11.5 Å². The van der Waals surface area contributed by atoms with Gasteiger partial charge in [0.15, 0.2) is 11.5 Å². The Labute approximate surface area is 196 Å². The highest BCUT2D eigenvalue weighted by atomic mass is 35.5. The summed E-state index contributed by atoms with van der Waals surface area (Å²) in [4.78, 5) is 14.4. The van der Waals surface area contributed by atoms with Crippen molar-refractivity contribution in [2.24, 2.45) is 0 Å². The Bertz CT molecular complexity index is 1300. The van der Waals surface area contributed by atoms with Crippen molar-refractivity contribution in [3.05, 3.63) is 70.0 Å². The van der Waals surface area contributed by atoms with Crippen LogP contribution >= 0.6 is 11.6 Å². The third-order valence-electron chi connectivity index (χ3n) is 5.41. The van der Waals surface area contributed by atoms with Crippen LogP contribution in [0.2, 0.25) is 5.02 Å². The second-order valence-corrected chi connectivity index (χ2v) is 9.70. The van der Waals surface area contributed by atoms with E-state index in [-0.39, 0.29) is 23.5 Å². The number of hydrogen-bond donors (Lipinski definition) is 0.